The minimum absolute atomic E-state index is 0.106. The number of hydrogen-bond acceptors (Lipinski definition) is 4. The predicted molar refractivity (Wildman–Crippen MR) is 105 cm³/mol. The Bertz CT molecular complexity index is 900. The number of hydrogen-bond donors (Lipinski definition) is 2. The molecule has 2 saturated carbocycles. The predicted octanol–water partition coefficient (Wildman–Crippen LogP) is 2.35. The molecule has 1 aromatic carbocycles. The molecule has 2 aliphatic heterocycles. The molecule has 0 unspecified atom stereocenters. The van der Waals surface area contributed by atoms with Crippen LogP contribution < -0.4 is 5.32 Å². The number of rotatable bonds is 4. The summed E-state index contributed by atoms with van der Waals surface area (Å²) in [5.74, 6) is 4.40. The fourth-order valence-corrected chi connectivity index (χ4v) is 5.13. The number of nitrogens with zero attached hydrogens (tertiary/aromatic N) is 3. The van der Waals surface area contributed by atoms with E-state index in [0.29, 0.717) is 17.8 Å². The highest BCUT2D eigenvalue weighted by molar-refractivity contribution is 5.83. The largest absolute Gasteiger partial charge is 0.340 e. The molecule has 1 aromatic heterocycles. The Labute approximate surface area is 165 Å². The molecule has 4 aliphatic rings. The Morgan fingerprint density at radius 1 is 1.07 bits per heavy atom. The van der Waals surface area contributed by atoms with E-state index in [1.807, 2.05) is 0 Å². The van der Waals surface area contributed by atoms with Crippen LogP contribution in [-0.2, 0) is 17.8 Å². The van der Waals surface area contributed by atoms with E-state index in [2.05, 4.69) is 44.7 Å². The highest BCUT2D eigenvalue weighted by atomic mass is 16.2. The van der Waals surface area contributed by atoms with Crippen LogP contribution in [0.5, 0.6) is 0 Å². The lowest BCUT2D eigenvalue weighted by atomic mass is 9.91. The lowest BCUT2D eigenvalue weighted by Gasteiger charge is -2.29. The van der Waals surface area contributed by atoms with Crippen molar-refractivity contribution >= 4 is 5.91 Å². The standard InChI is InChI=1S/C22H27N5O/c28-22(19-9-15-3-1-2-4-16(15)10-23-19)27-11-17(13-5-6-13)18(12-27)21-24-20(25-26-21)14-7-8-14/h1-4,13-14,17-19,23H,5-12H2,(H,24,25,26)/t17-,18+,19-/m0/s1. The van der Waals surface area contributed by atoms with E-state index >= 15 is 0 Å². The van der Waals surface area contributed by atoms with Crippen LogP contribution in [0.3, 0.4) is 0 Å². The van der Waals surface area contributed by atoms with Crippen LogP contribution in [0, 0.1) is 11.8 Å². The van der Waals surface area contributed by atoms with Crippen LogP contribution in [0.25, 0.3) is 0 Å². The van der Waals surface area contributed by atoms with E-state index in [4.69, 9.17) is 4.98 Å². The quantitative estimate of drug-likeness (QED) is 0.858. The molecule has 6 nitrogen and oxygen atoms in total. The number of carbonyl (C=O) groups is 1. The second kappa shape index (κ2) is 6.41. The third kappa shape index (κ3) is 2.94. The van der Waals surface area contributed by atoms with E-state index in [9.17, 15) is 4.79 Å². The highest BCUT2D eigenvalue weighted by Gasteiger charge is 2.47. The maximum absolute atomic E-state index is 13.3. The van der Waals surface area contributed by atoms with Crippen molar-refractivity contribution in [3.63, 3.8) is 0 Å². The van der Waals surface area contributed by atoms with E-state index in [1.54, 1.807) is 0 Å². The molecule has 2 aliphatic carbocycles. The van der Waals surface area contributed by atoms with Gasteiger partial charge in [0, 0.05) is 31.5 Å². The highest BCUT2D eigenvalue weighted by Crippen LogP contribution is 2.47. The van der Waals surface area contributed by atoms with Gasteiger partial charge < -0.3 is 10.2 Å². The first-order valence-corrected chi connectivity index (χ1v) is 10.8. The third-order valence-corrected chi connectivity index (χ3v) is 7.10. The van der Waals surface area contributed by atoms with Gasteiger partial charge in [-0.3, -0.25) is 9.89 Å². The van der Waals surface area contributed by atoms with Gasteiger partial charge in [-0.05, 0) is 55.1 Å². The Morgan fingerprint density at radius 3 is 2.68 bits per heavy atom. The van der Waals surface area contributed by atoms with Crippen molar-refractivity contribution in [2.75, 3.05) is 13.1 Å². The zero-order valence-corrected chi connectivity index (χ0v) is 16.1. The lowest BCUT2D eigenvalue weighted by Crippen LogP contribution is -2.48. The lowest BCUT2D eigenvalue weighted by molar-refractivity contribution is -0.132. The SMILES string of the molecule is O=C([C@@H]1Cc2ccccc2CN1)N1C[C@@H](c2nc(C3CC3)n[nH]2)[C@H](C2CC2)C1. The minimum atomic E-state index is -0.106. The van der Waals surface area contributed by atoms with Gasteiger partial charge in [-0.25, -0.2) is 4.98 Å². The molecule has 6 rings (SSSR count). The molecular weight excluding hydrogens is 350 g/mol. The van der Waals surface area contributed by atoms with Gasteiger partial charge in [-0.1, -0.05) is 24.3 Å². The van der Waals surface area contributed by atoms with Crippen molar-refractivity contribution in [2.45, 2.75) is 56.5 Å². The van der Waals surface area contributed by atoms with Crippen molar-refractivity contribution in [1.82, 2.24) is 25.4 Å². The summed E-state index contributed by atoms with van der Waals surface area (Å²) in [6.07, 6.45) is 5.81. The van der Waals surface area contributed by atoms with Gasteiger partial charge in [0.05, 0.1) is 6.04 Å². The summed E-state index contributed by atoms with van der Waals surface area (Å²) in [6, 6.07) is 8.35. The Hall–Kier alpha value is -2.21. The topological polar surface area (TPSA) is 73.9 Å². The molecule has 1 amide bonds. The van der Waals surface area contributed by atoms with Crippen LogP contribution in [0.2, 0.25) is 0 Å². The number of likely N-dealkylation sites (tertiary alicyclic amines) is 1. The number of aromatic nitrogens is 3. The number of nitrogens with one attached hydrogen (secondary N) is 2. The second-order valence-corrected chi connectivity index (χ2v) is 9.11. The molecular formula is C22H27N5O. The summed E-state index contributed by atoms with van der Waals surface area (Å²) in [5, 5.41) is 11.2. The molecule has 0 radical (unpaired) electrons. The van der Waals surface area contributed by atoms with Gasteiger partial charge in [0.1, 0.15) is 5.82 Å². The maximum Gasteiger partial charge on any atom is 0.240 e. The van der Waals surface area contributed by atoms with Crippen LogP contribution in [-0.4, -0.2) is 45.1 Å². The summed E-state index contributed by atoms with van der Waals surface area (Å²) in [4.78, 5) is 20.2. The van der Waals surface area contributed by atoms with Crippen molar-refractivity contribution in [2.24, 2.45) is 11.8 Å². The molecule has 3 atom stereocenters. The smallest absolute Gasteiger partial charge is 0.240 e. The van der Waals surface area contributed by atoms with Gasteiger partial charge in [0.15, 0.2) is 5.82 Å². The average molecular weight is 377 g/mol. The first-order chi connectivity index (χ1) is 13.8. The number of carbonyl (C=O) groups excluding carboxylic acids is 1. The second-order valence-electron chi connectivity index (χ2n) is 9.11. The van der Waals surface area contributed by atoms with E-state index < -0.39 is 0 Å². The first kappa shape index (κ1) is 16.7. The fraction of sp³-hybridized carbons (Fsp3) is 0.591. The van der Waals surface area contributed by atoms with Crippen molar-refractivity contribution in [3.8, 4) is 0 Å². The first-order valence-electron chi connectivity index (χ1n) is 10.8. The van der Waals surface area contributed by atoms with Crippen LogP contribution in [0.1, 0.15) is 60.3 Å². The van der Waals surface area contributed by atoms with Crippen LogP contribution >= 0.6 is 0 Å². The fourth-order valence-electron chi connectivity index (χ4n) is 5.13. The van der Waals surface area contributed by atoms with Crippen LogP contribution in [0.15, 0.2) is 24.3 Å². The molecule has 2 N–H and O–H groups in total. The van der Waals surface area contributed by atoms with Crippen molar-refractivity contribution < 1.29 is 4.79 Å². The van der Waals surface area contributed by atoms with Gasteiger partial charge >= 0.3 is 0 Å². The molecule has 0 bridgehead atoms. The van der Waals surface area contributed by atoms with Gasteiger partial charge in [-0.2, -0.15) is 5.10 Å². The molecule has 2 aromatic rings. The van der Waals surface area contributed by atoms with Gasteiger partial charge in [0.25, 0.3) is 0 Å². The Morgan fingerprint density at radius 2 is 1.89 bits per heavy atom. The number of fused-ring (bicyclic) bond motifs is 1. The molecule has 0 spiro atoms. The number of aromatic amines is 1. The number of benzene rings is 1. The molecule has 146 valence electrons. The number of H-pyrrole nitrogens is 1. The molecule has 3 heterocycles. The van der Waals surface area contributed by atoms with Crippen LogP contribution in [0.4, 0.5) is 0 Å². The van der Waals surface area contributed by atoms with E-state index in [1.165, 1.54) is 36.8 Å². The third-order valence-electron chi connectivity index (χ3n) is 7.10. The summed E-state index contributed by atoms with van der Waals surface area (Å²) < 4.78 is 0. The summed E-state index contributed by atoms with van der Waals surface area (Å²) in [6.45, 7) is 2.43. The van der Waals surface area contributed by atoms with E-state index in [0.717, 1.165) is 43.6 Å². The monoisotopic (exact) mass is 377 g/mol. The Balaban J connectivity index is 1.20. The van der Waals surface area contributed by atoms with Gasteiger partial charge in [-0.15, -0.1) is 0 Å². The summed E-state index contributed by atoms with van der Waals surface area (Å²) >= 11 is 0. The minimum Gasteiger partial charge on any atom is -0.340 e. The Kier molecular flexibility index (Phi) is 3.83. The molecule has 3 fully saturated rings. The van der Waals surface area contributed by atoms with Gasteiger partial charge in [0.2, 0.25) is 5.91 Å². The zero-order chi connectivity index (χ0) is 18.7. The molecule has 28 heavy (non-hydrogen) atoms. The van der Waals surface area contributed by atoms with Crippen molar-refractivity contribution in [3.05, 3.63) is 47.0 Å². The summed E-state index contributed by atoms with van der Waals surface area (Å²) in [5.41, 5.74) is 2.62. The average Bonchev–Trinajstić information content (AvgIpc) is 3.67. The maximum atomic E-state index is 13.3. The normalized spacial score (nSPS) is 29.7. The van der Waals surface area contributed by atoms with Crippen molar-refractivity contribution in [1.29, 1.82) is 0 Å². The number of amides is 1. The van der Waals surface area contributed by atoms with E-state index in [-0.39, 0.29) is 11.9 Å². The molecule has 1 saturated heterocycles. The zero-order valence-electron chi connectivity index (χ0n) is 16.1. The summed E-state index contributed by atoms with van der Waals surface area (Å²) in [7, 11) is 0. The molecule has 6 heteroatoms.